The van der Waals surface area contributed by atoms with Crippen molar-refractivity contribution in [3.05, 3.63) is 11.8 Å². The normalized spacial score (nSPS) is 29.7. The number of aromatic amines is 1. The van der Waals surface area contributed by atoms with Crippen LogP contribution in [0.1, 0.15) is 25.5 Å². The van der Waals surface area contributed by atoms with Crippen LogP contribution in [0.25, 0.3) is 0 Å². The predicted octanol–water partition coefficient (Wildman–Crippen LogP) is 1.11. The van der Waals surface area contributed by atoms with Gasteiger partial charge in [-0.05, 0) is 20.3 Å². The molecule has 0 radical (unpaired) electrons. The number of hydrogen-bond acceptors (Lipinski definition) is 4. The van der Waals surface area contributed by atoms with E-state index >= 15 is 0 Å². The molecule has 0 saturated carbocycles. The van der Waals surface area contributed by atoms with Crippen molar-refractivity contribution >= 4 is 29.4 Å². The first kappa shape index (κ1) is 12.5. The van der Waals surface area contributed by atoms with E-state index in [0.29, 0.717) is 18.0 Å². The van der Waals surface area contributed by atoms with Crippen molar-refractivity contribution in [3.63, 3.8) is 0 Å². The average molecular weight is 280 g/mol. The number of thioether (sulfide) groups is 1. The number of aromatic nitrogens is 2. The van der Waals surface area contributed by atoms with Gasteiger partial charge in [0, 0.05) is 23.9 Å². The summed E-state index contributed by atoms with van der Waals surface area (Å²) in [7, 11) is 0. The van der Waals surface area contributed by atoms with Crippen molar-refractivity contribution < 1.29 is 9.59 Å². The molecule has 6 nitrogen and oxygen atoms in total. The molecule has 1 aromatic heterocycles. The van der Waals surface area contributed by atoms with Crippen LogP contribution in [0.2, 0.25) is 0 Å². The third-order valence-electron chi connectivity index (χ3n) is 3.70. The molecule has 2 aliphatic heterocycles. The van der Waals surface area contributed by atoms with Crippen molar-refractivity contribution in [2.45, 2.75) is 37.6 Å². The zero-order valence-electron chi connectivity index (χ0n) is 10.9. The molecular formula is C12H16N4O2S. The molecule has 2 aliphatic rings. The Morgan fingerprint density at radius 2 is 2.47 bits per heavy atom. The Morgan fingerprint density at radius 3 is 3.16 bits per heavy atom. The van der Waals surface area contributed by atoms with Crippen LogP contribution in [0.15, 0.2) is 6.07 Å². The maximum atomic E-state index is 12.3. The van der Waals surface area contributed by atoms with Gasteiger partial charge in [0.1, 0.15) is 6.04 Å². The van der Waals surface area contributed by atoms with E-state index in [-0.39, 0.29) is 22.7 Å². The van der Waals surface area contributed by atoms with E-state index in [4.69, 9.17) is 0 Å². The number of anilines is 1. The Kier molecular flexibility index (Phi) is 2.81. The summed E-state index contributed by atoms with van der Waals surface area (Å²) in [5, 5.41) is 9.53. The largest absolute Gasteiger partial charge is 0.315 e. The number of fused-ring (bicyclic) bond motifs is 1. The molecule has 7 heteroatoms. The van der Waals surface area contributed by atoms with Crippen LogP contribution >= 0.6 is 11.8 Å². The third kappa shape index (κ3) is 2.01. The highest BCUT2D eigenvalue weighted by atomic mass is 32.2. The van der Waals surface area contributed by atoms with Crippen LogP contribution in [0, 0.1) is 6.92 Å². The molecular weight excluding hydrogens is 264 g/mol. The number of carbonyl (C=O) groups is 2. The lowest BCUT2D eigenvalue weighted by atomic mass is 10.2. The van der Waals surface area contributed by atoms with Crippen molar-refractivity contribution in [3.8, 4) is 0 Å². The van der Waals surface area contributed by atoms with Crippen LogP contribution < -0.4 is 5.32 Å². The topological polar surface area (TPSA) is 78.1 Å². The molecule has 102 valence electrons. The monoisotopic (exact) mass is 280 g/mol. The SMILES string of the molecule is Cc1cc(NC(=O)C2CSC3(C)CCC(=O)N23)n[nH]1. The maximum absolute atomic E-state index is 12.3. The van der Waals surface area contributed by atoms with Crippen LogP contribution in [-0.4, -0.2) is 43.6 Å². The van der Waals surface area contributed by atoms with E-state index in [2.05, 4.69) is 15.5 Å². The number of nitrogens with one attached hydrogen (secondary N) is 2. The second-order valence-electron chi connectivity index (χ2n) is 5.19. The summed E-state index contributed by atoms with van der Waals surface area (Å²) < 4.78 is 0. The Labute approximate surface area is 115 Å². The van der Waals surface area contributed by atoms with Crippen LogP contribution in [0.3, 0.4) is 0 Å². The van der Waals surface area contributed by atoms with Gasteiger partial charge in [0.15, 0.2) is 5.82 Å². The smallest absolute Gasteiger partial charge is 0.249 e. The van der Waals surface area contributed by atoms with Gasteiger partial charge in [0.25, 0.3) is 0 Å². The number of nitrogens with zero attached hydrogens (tertiary/aromatic N) is 2. The fourth-order valence-corrected chi connectivity index (χ4v) is 4.14. The van der Waals surface area contributed by atoms with Gasteiger partial charge in [-0.1, -0.05) is 0 Å². The molecule has 2 fully saturated rings. The first-order valence-electron chi connectivity index (χ1n) is 6.29. The van der Waals surface area contributed by atoms with E-state index in [0.717, 1.165) is 12.1 Å². The number of amides is 2. The Bertz CT molecular complexity index is 544. The molecule has 19 heavy (non-hydrogen) atoms. The Balaban J connectivity index is 1.76. The number of rotatable bonds is 2. The van der Waals surface area contributed by atoms with Gasteiger partial charge >= 0.3 is 0 Å². The molecule has 0 aliphatic carbocycles. The third-order valence-corrected chi connectivity index (χ3v) is 5.21. The summed E-state index contributed by atoms with van der Waals surface area (Å²) in [6, 6.07) is 1.38. The lowest BCUT2D eigenvalue weighted by molar-refractivity contribution is -0.135. The van der Waals surface area contributed by atoms with E-state index in [1.807, 2.05) is 13.8 Å². The molecule has 2 atom stereocenters. The van der Waals surface area contributed by atoms with E-state index < -0.39 is 0 Å². The lowest BCUT2D eigenvalue weighted by Crippen LogP contribution is -2.48. The molecule has 0 bridgehead atoms. The van der Waals surface area contributed by atoms with E-state index in [1.54, 1.807) is 22.7 Å². The number of H-pyrrole nitrogens is 1. The standard InChI is InChI=1S/C12H16N4O2S/c1-7-5-9(15-14-7)13-11(18)8-6-19-12(2)4-3-10(17)16(8)12/h5,8H,3-4,6H2,1-2H3,(H2,13,14,15,18). The number of hydrogen-bond donors (Lipinski definition) is 2. The second kappa shape index (κ2) is 4.26. The highest BCUT2D eigenvalue weighted by molar-refractivity contribution is 8.01. The van der Waals surface area contributed by atoms with Gasteiger partial charge in [-0.15, -0.1) is 11.8 Å². The minimum atomic E-state index is -0.387. The number of carbonyl (C=O) groups excluding carboxylic acids is 2. The zero-order valence-corrected chi connectivity index (χ0v) is 11.7. The molecule has 2 amide bonds. The summed E-state index contributed by atoms with van der Waals surface area (Å²) in [5.41, 5.74) is 0.887. The molecule has 3 heterocycles. The van der Waals surface area contributed by atoms with Gasteiger partial charge in [-0.3, -0.25) is 14.7 Å². The lowest BCUT2D eigenvalue weighted by Gasteiger charge is -2.29. The maximum Gasteiger partial charge on any atom is 0.249 e. The quantitative estimate of drug-likeness (QED) is 0.850. The second-order valence-corrected chi connectivity index (χ2v) is 6.69. The molecule has 1 aromatic rings. The molecule has 2 saturated heterocycles. The van der Waals surface area contributed by atoms with E-state index in [1.165, 1.54) is 0 Å². The van der Waals surface area contributed by atoms with Crippen molar-refractivity contribution in [2.24, 2.45) is 0 Å². The van der Waals surface area contributed by atoms with E-state index in [9.17, 15) is 9.59 Å². The molecule has 0 aromatic carbocycles. The highest BCUT2D eigenvalue weighted by Crippen LogP contribution is 2.47. The average Bonchev–Trinajstić information content (AvgIpc) is 2.97. The van der Waals surface area contributed by atoms with Crippen molar-refractivity contribution in [2.75, 3.05) is 11.1 Å². The summed E-state index contributed by atoms with van der Waals surface area (Å²) >= 11 is 1.69. The Morgan fingerprint density at radius 1 is 1.68 bits per heavy atom. The Hall–Kier alpha value is -1.50. The summed E-state index contributed by atoms with van der Waals surface area (Å²) in [5.74, 6) is 1.08. The van der Waals surface area contributed by atoms with Crippen LogP contribution in [0.4, 0.5) is 5.82 Å². The highest BCUT2D eigenvalue weighted by Gasteiger charge is 2.52. The molecule has 2 N–H and O–H groups in total. The fourth-order valence-electron chi connectivity index (χ4n) is 2.71. The number of aryl methyl sites for hydroxylation is 1. The van der Waals surface area contributed by atoms with Crippen molar-refractivity contribution in [1.82, 2.24) is 15.1 Å². The first-order chi connectivity index (χ1) is 8.99. The van der Waals surface area contributed by atoms with Gasteiger partial charge in [-0.2, -0.15) is 5.10 Å². The summed E-state index contributed by atoms with van der Waals surface area (Å²) in [6.45, 7) is 3.91. The summed E-state index contributed by atoms with van der Waals surface area (Å²) in [4.78, 5) is 25.8. The fraction of sp³-hybridized carbons (Fsp3) is 0.583. The minimum Gasteiger partial charge on any atom is -0.315 e. The van der Waals surface area contributed by atoms with Crippen LogP contribution in [-0.2, 0) is 9.59 Å². The van der Waals surface area contributed by atoms with Gasteiger partial charge in [0.05, 0.1) is 4.87 Å². The van der Waals surface area contributed by atoms with Gasteiger partial charge in [-0.25, -0.2) is 0 Å². The zero-order chi connectivity index (χ0) is 13.6. The minimum absolute atomic E-state index is 0.0749. The predicted molar refractivity (Wildman–Crippen MR) is 72.7 cm³/mol. The first-order valence-corrected chi connectivity index (χ1v) is 7.27. The molecule has 3 rings (SSSR count). The van der Waals surface area contributed by atoms with Crippen LogP contribution in [0.5, 0.6) is 0 Å². The molecule has 0 spiro atoms. The van der Waals surface area contributed by atoms with Gasteiger partial charge in [0.2, 0.25) is 11.8 Å². The summed E-state index contributed by atoms with van der Waals surface area (Å²) in [6.07, 6.45) is 1.36. The van der Waals surface area contributed by atoms with Gasteiger partial charge < -0.3 is 10.2 Å². The van der Waals surface area contributed by atoms with Crippen molar-refractivity contribution in [1.29, 1.82) is 0 Å². The molecule has 2 unspecified atom stereocenters.